The minimum absolute atomic E-state index is 0.0390. The molecule has 7 nitrogen and oxygen atoms in total. The lowest BCUT2D eigenvalue weighted by atomic mass is 10.3. The second-order valence-electron chi connectivity index (χ2n) is 4.36. The lowest BCUT2D eigenvalue weighted by Gasteiger charge is -2.14. The highest BCUT2D eigenvalue weighted by Gasteiger charge is 2.37. The molecule has 108 valence electrons. The number of thioether (sulfide) groups is 2. The Morgan fingerprint density at radius 1 is 1.45 bits per heavy atom. The molecule has 0 aromatic carbocycles. The van der Waals surface area contributed by atoms with Gasteiger partial charge in [-0.05, 0) is 18.7 Å². The Morgan fingerprint density at radius 2 is 2.10 bits per heavy atom. The predicted octanol–water partition coefficient (Wildman–Crippen LogP) is 0.289. The number of amidine groups is 2. The van der Waals surface area contributed by atoms with Crippen molar-refractivity contribution in [2.45, 2.75) is 12.4 Å². The monoisotopic (exact) mass is 314 g/mol. The van der Waals surface area contributed by atoms with Gasteiger partial charge in [-0.1, -0.05) is 23.9 Å². The molecule has 0 radical (unpaired) electrons. The zero-order valence-corrected chi connectivity index (χ0v) is 12.7. The maximum Gasteiger partial charge on any atom is 0.268 e. The van der Waals surface area contributed by atoms with Crippen LogP contribution < -0.4 is 0 Å². The van der Waals surface area contributed by atoms with Crippen molar-refractivity contribution in [2.24, 2.45) is 10.2 Å². The number of aliphatic hydroxyl groups excluding tert-OH is 1. The average molecular weight is 314 g/mol. The van der Waals surface area contributed by atoms with Crippen LogP contribution in [-0.2, 0) is 9.59 Å². The van der Waals surface area contributed by atoms with E-state index in [0.717, 1.165) is 17.3 Å². The van der Waals surface area contributed by atoms with Gasteiger partial charge in [0.05, 0.1) is 5.75 Å². The Morgan fingerprint density at radius 3 is 2.65 bits per heavy atom. The van der Waals surface area contributed by atoms with E-state index in [1.54, 1.807) is 14.0 Å². The zero-order valence-electron chi connectivity index (χ0n) is 11.1. The van der Waals surface area contributed by atoms with Gasteiger partial charge in [-0.2, -0.15) is 0 Å². The minimum Gasteiger partial charge on any atom is -0.373 e. The molecule has 0 spiro atoms. The van der Waals surface area contributed by atoms with Crippen LogP contribution in [0.3, 0.4) is 0 Å². The van der Waals surface area contributed by atoms with Gasteiger partial charge in [-0.3, -0.25) is 19.4 Å². The van der Waals surface area contributed by atoms with Crippen molar-refractivity contribution in [3.63, 3.8) is 0 Å². The van der Waals surface area contributed by atoms with Crippen molar-refractivity contribution in [1.82, 2.24) is 9.80 Å². The zero-order chi connectivity index (χ0) is 14.9. The van der Waals surface area contributed by atoms with E-state index in [1.165, 1.54) is 21.6 Å². The summed E-state index contributed by atoms with van der Waals surface area (Å²) in [6.45, 7) is 5.81. The quantitative estimate of drug-likeness (QED) is 0.598. The van der Waals surface area contributed by atoms with Crippen LogP contribution >= 0.6 is 23.5 Å². The Hall–Kier alpha value is -1.32. The molecule has 9 heteroatoms. The van der Waals surface area contributed by atoms with E-state index in [4.69, 9.17) is 0 Å². The highest BCUT2D eigenvalue weighted by Crippen LogP contribution is 2.26. The Balaban J connectivity index is 2.19. The van der Waals surface area contributed by atoms with Gasteiger partial charge in [-0.25, -0.2) is 0 Å². The van der Waals surface area contributed by atoms with E-state index in [9.17, 15) is 14.7 Å². The molecule has 20 heavy (non-hydrogen) atoms. The number of carbonyl (C=O) groups is 2. The lowest BCUT2D eigenvalue weighted by Crippen LogP contribution is -2.33. The third kappa shape index (κ3) is 3.05. The van der Waals surface area contributed by atoms with E-state index in [1.807, 2.05) is 0 Å². The summed E-state index contributed by atoms with van der Waals surface area (Å²) >= 11 is 2.22. The van der Waals surface area contributed by atoms with Gasteiger partial charge in [0, 0.05) is 13.6 Å². The number of hydrogen-bond donors (Lipinski definition) is 1. The molecule has 2 fully saturated rings. The average Bonchev–Trinajstić information content (AvgIpc) is 2.83. The molecule has 2 aliphatic rings. The van der Waals surface area contributed by atoms with Crippen molar-refractivity contribution in [2.75, 3.05) is 19.3 Å². The summed E-state index contributed by atoms with van der Waals surface area (Å²) in [4.78, 5) is 25.9. The van der Waals surface area contributed by atoms with E-state index in [2.05, 4.69) is 16.8 Å². The van der Waals surface area contributed by atoms with Crippen molar-refractivity contribution >= 4 is 45.7 Å². The third-order valence-electron chi connectivity index (χ3n) is 2.56. The molecule has 0 saturated carbocycles. The normalized spacial score (nSPS) is 27.2. The fraction of sp³-hybridized carbons (Fsp3) is 0.455. The van der Waals surface area contributed by atoms with Gasteiger partial charge in [0.1, 0.15) is 0 Å². The van der Waals surface area contributed by atoms with Crippen molar-refractivity contribution in [3.8, 4) is 0 Å². The van der Waals surface area contributed by atoms with Crippen LogP contribution in [0.1, 0.15) is 6.92 Å². The van der Waals surface area contributed by atoms with Crippen LogP contribution in [-0.4, -0.2) is 61.8 Å². The SMILES string of the molecule is C=C(C)CN1C(=O)C(O)SC1=NN=C1SCC(=O)N1C. The number of hydrogen-bond acceptors (Lipinski definition) is 7. The Kier molecular flexibility index (Phi) is 4.51. The number of carbonyl (C=O) groups excluding carboxylic acids is 2. The van der Waals surface area contributed by atoms with Gasteiger partial charge in [-0.15, -0.1) is 10.2 Å². The molecule has 1 unspecified atom stereocenters. The molecule has 2 heterocycles. The standard InChI is InChI=1S/C11H14N4O3S2/c1-6(2)4-15-8(17)9(18)20-11(15)13-12-10-14(3)7(16)5-19-10/h9,18H,1,4-5H2,2-3H3. The summed E-state index contributed by atoms with van der Waals surface area (Å²) in [5.41, 5.74) is -0.389. The van der Waals surface area contributed by atoms with Gasteiger partial charge in [0.15, 0.2) is 15.8 Å². The maximum atomic E-state index is 11.8. The largest absolute Gasteiger partial charge is 0.373 e. The summed E-state index contributed by atoms with van der Waals surface area (Å²) in [5, 5.41) is 18.3. The van der Waals surface area contributed by atoms with Crippen molar-refractivity contribution < 1.29 is 14.7 Å². The summed E-state index contributed by atoms with van der Waals surface area (Å²) in [5.74, 6) is -0.131. The van der Waals surface area contributed by atoms with Crippen molar-refractivity contribution in [3.05, 3.63) is 12.2 Å². The highest BCUT2D eigenvalue weighted by molar-refractivity contribution is 8.15. The molecule has 0 aliphatic carbocycles. The molecule has 1 N–H and O–H groups in total. The molecule has 0 aromatic heterocycles. The molecule has 1 atom stereocenters. The Labute approximate surface area is 124 Å². The number of rotatable bonds is 3. The molecule has 0 bridgehead atoms. The topological polar surface area (TPSA) is 85.6 Å². The molecule has 2 aliphatic heterocycles. The second kappa shape index (κ2) is 5.98. The van der Waals surface area contributed by atoms with Gasteiger partial charge < -0.3 is 5.11 Å². The first-order chi connectivity index (χ1) is 9.40. The van der Waals surface area contributed by atoms with Crippen LogP contribution in [0.4, 0.5) is 0 Å². The lowest BCUT2D eigenvalue weighted by molar-refractivity contribution is -0.130. The van der Waals surface area contributed by atoms with Gasteiger partial charge >= 0.3 is 0 Å². The van der Waals surface area contributed by atoms with Crippen LogP contribution in [0.5, 0.6) is 0 Å². The van der Waals surface area contributed by atoms with Gasteiger partial charge in [0.25, 0.3) is 5.91 Å². The first-order valence-corrected chi connectivity index (χ1v) is 7.62. The fourth-order valence-electron chi connectivity index (χ4n) is 1.54. The summed E-state index contributed by atoms with van der Waals surface area (Å²) in [6.07, 6.45) is 0. The second-order valence-corrected chi connectivity index (χ2v) is 6.35. The Bertz CT molecular complexity index is 532. The third-order valence-corrected chi connectivity index (χ3v) is 4.50. The summed E-state index contributed by atoms with van der Waals surface area (Å²) < 4.78 is 0. The van der Waals surface area contributed by atoms with Crippen LogP contribution in [0.15, 0.2) is 22.4 Å². The highest BCUT2D eigenvalue weighted by atomic mass is 32.2. The first kappa shape index (κ1) is 15.1. The number of aliphatic hydroxyl groups is 1. The van der Waals surface area contributed by atoms with Crippen LogP contribution in [0, 0.1) is 0 Å². The molecule has 2 saturated heterocycles. The molecule has 2 rings (SSSR count). The molecule has 0 aromatic rings. The predicted molar refractivity (Wildman–Crippen MR) is 80.2 cm³/mol. The van der Waals surface area contributed by atoms with Crippen LogP contribution in [0.25, 0.3) is 0 Å². The van der Waals surface area contributed by atoms with Gasteiger partial charge in [0.2, 0.25) is 5.91 Å². The van der Waals surface area contributed by atoms with E-state index in [-0.39, 0.29) is 12.5 Å². The smallest absolute Gasteiger partial charge is 0.268 e. The molecule has 2 amide bonds. The first-order valence-electron chi connectivity index (χ1n) is 5.75. The number of amides is 2. The van der Waals surface area contributed by atoms with E-state index >= 15 is 0 Å². The van der Waals surface area contributed by atoms with Crippen molar-refractivity contribution in [1.29, 1.82) is 0 Å². The van der Waals surface area contributed by atoms with E-state index < -0.39 is 11.3 Å². The summed E-state index contributed by atoms with van der Waals surface area (Å²) in [6, 6.07) is 0. The summed E-state index contributed by atoms with van der Waals surface area (Å²) in [7, 11) is 1.62. The maximum absolute atomic E-state index is 11.8. The molecular formula is C11H14N4O3S2. The molecular weight excluding hydrogens is 300 g/mol. The minimum atomic E-state index is -1.16. The van der Waals surface area contributed by atoms with E-state index in [0.29, 0.717) is 16.1 Å². The number of nitrogens with zero attached hydrogens (tertiary/aromatic N) is 4. The van der Waals surface area contributed by atoms with Crippen LogP contribution in [0.2, 0.25) is 0 Å². The fourth-order valence-corrected chi connectivity index (χ4v) is 3.18.